The van der Waals surface area contributed by atoms with Gasteiger partial charge < -0.3 is 18.1 Å². The molecule has 4 nitrogen and oxygen atoms in total. The Bertz CT molecular complexity index is 649. The number of halogens is 3. The van der Waals surface area contributed by atoms with Crippen LogP contribution < -0.4 is 10.6 Å². The second-order valence-electron chi connectivity index (χ2n) is 7.79. The molecule has 1 aromatic rings. The maximum atomic E-state index is 6.52. The molecule has 2 saturated heterocycles. The minimum atomic E-state index is -1.36. The van der Waals surface area contributed by atoms with Crippen LogP contribution in [0.2, 0.25) is 15.1 Å². The molecule has 9 heteroatoms. The Morgan fingerprint density at radius 3 is 1.68 bits per heavy atom. The summed E-state index contributed by atoms with van der Waals surface area (Å²) in [5.74, 6) is 0. The molecule has 0 aromatic heterocycles. The van der Waals surface area contributed by atoms with Crippen LogP contribution in [0, 0.1) is 10.8 Å². The number of benzene rings is 1. The van der Waals surface area contributed by atoms with E-state index in [1.807, 2.05) is 0 Å². The fourth-order valence-electron chi connectivity index (χ4n) is 2.25. The van der Waals surface area contributed by atoms with Gasteiger partial charge in [0.1, 0.15) is 0 Å². The molecular weight excluding hydrogens is 424 g/mol. The van der Waals surface area contributed by atoms with Gasteiger partial charge in [-0.05, 0) is 6.07 Å². The fraction of sp³-hybridized carbons (Fsp3) is 0.625. The molecule has 3 rings (SSSR count). The monoisotopic (exact) mass is 444 g/mol. The topological polar surface area (TPSA) is 36.9 Å². The van der Waals surface area contributed by atoms with Crippen LogP contribution in [0.25, 0.3) is 0 Å². The van der Waals surface area contributed by atoms with Gasteiger partial charge in [0.15, 0.2) is 0 Å². The zero-order chi connectivity index (χ0) is 18.4. The van der Waals surface area contributed by atoms with Gasteiger partial charge in [0, 0.05) is 16.1 Å². The summed E-state index contributed by atoms with van der Waals surface area (Å²) in [6.07, 6.45) is 0. The molecule has 0 N–H and O–H groups in total. The minimum absolute atomic E-state index is 0.0216. The van der Waals surface area contributed by atoms with Crippen molar-refractivity contribution in [2.24, 2.45) is 10.8 Å². The molecule has 0 unspecified atom stereocenters. The summed E-state index contributed by atoms with van der Waals surface area (Å²) in [4.78, 5) is 0. The molecule has 2 fully saturated rings. The predicted octanol–water partition coefficient (Wildman–Crippen LogP) is 5.67. The summed E-state index contributed by atoms with van der Waals surface area (Å²) in [6.45, 7) is 10.8. The van der Waals surface area contributed by atoms with Crippen LogP contribution in [0.3, 0.4) is 0 Å². The van der Waals surface area contributed by atoms with E-state index in [-0.39, 0.29) is 10.8 Å². The van der Waals surface area contributed by atoms with E-state index in [0.29, 0.717) is 46.8 Å². The van der Waals surface area contributed by atoms with Crippen molar-refractivity contribution >= 4 is 62.2 Å². The Kier molecular flexibility index (Phi) is 6.29. The van der Waals surface area contributed by atoms with Gasteiger partial charge in [0.05, 0.1) is 46.8 Å². The molecule has 0 amide bonds. The van der Waals surface area contributed by atoms with Crippen LogP contribution >= 0.6 is 51.6 Å². The smallest absolute Gasteiger partial charge is 0.207 e. The zero-order valence-corrected chi connectivity index (χ0v) is 18.6. The number of hydrogen-bond donors (Lipinski definition) is 0. The molecule has 0 atom stereocenters. The largest absolute Gasteiger partial charge is 0.330 e. The van der Waals surface area contributed by atoms with Gasteiger partial charge in [-0.15, -0.1) is 0 Å². The lowest BCUT2D eigenvalue weighted by Crippen LogP contribution is -2.36. The van der Waals surface area contributed by atoms with E-state index in [9.17, 15) is 0 Å². The highest BCUT2D eigenvalue weighted by Crippen LogP contribution is 2.52. The van der Waals surface area contributed by atoms with Crippen LogP contribution in [-0.4, -0.2) is 26.4 Å². The van der Waals surface area contributed by atoms with Crippen molar-refractivity contribution in [1.29, 1.82) is 0 Å². The van der Waals surface area contributed by atoms with Crippen molar-refractivity contribution in [1.82, 2.24) is 0 Å². The zero-order valence-electron chi connectivity index (χ0n) is 14.6. The summed E-state index contributed by atoms with van der Waals surface area (Å²) < 4.78 is 23.9. The van der Waals surface area contributed by atoms with E-state index in [2.05, 4.69) is 27.7 Å². The molecule has 2 aliphatic rings. The maximum Gasteiger partial charge on any atom is 0.207 e. The molecule has 0 radical (unpaired) electrons. The molecule has 0 aliphatic carbocycles. The lowest BCUT2D eigenvalue weighted by Gasteiger charge is -2.37. The van der Waals surface area contributed by atoms with E-state index >= 15 is 0 Å². The Labute approximate surface area is 166 Å². The SMILES string of the molecule is CC1(C)COP(c2cc(Cl)c(Cl)c(Cl)c2P2OCC(C)(C)CO2)OC1. The van der Waals surface area contributed by atoms with E-state index in [1.54, 1.807) is 6.07 Å². The van der Waals surface area contributed by atoms with Gasteiger partial charge >= 0.3 is 0 Å². The first-order valence-electron chi connectivity index (χ1n) is 7.89. The average molecular weight is 446 g/mol. The van der Waals surface area contributed by atoms with Crippen LogP contribution in [0.15, 0.2) is 6.07 Å². The van der Waals surface area contributed by atoms with Gasteiger partial charge in [0.2, 0.25) is 16.8 Å². The van der Waals surface area contributed by atoms with Gasteiger partial charge in [-0.25, -0.2) is 0 Å². The highest BCUT2D eigenvalue weighted by molar-refractivity contribution is 7.63. The molecule has 140 valence electrons. The Morgan fingerprint density at radius 1 is 0.760 bits per heavy atom. The molecule has 0 saturated carbocycles. The lowest BCUT2D eigenvalue weighted by molar-refractivity contribution is 0.0643. The molecule has 0 spiro atoms. The number of rotatable bonds is 2. The van der Waals surface area contributed by atoms with E-state index < -0.39 is 16.8 Å². The first-order chi connectivity index (χ1) is 11.6. The molecule has 2 aliphatic heterocycles. The number of hydrogen-bond acceptors (Lipinski definition) is 4. The van der Waals surface area contributed by atoms with Gasteiger partial charge in [0.25, 0.3) is 0 Å². The van der Waals surface area contributed by atoms with Crippen LogP contribution in [0.1, 0.15) is 27.7 Å². The fourth-order valence-corrected chi connectivity index (χ4v) is 7.35. The van der Waals surface area contributed by atoms with Crippen molar-refractivity contribution in [3.05, 3.63) is 21.1 Å². The Morgan fingerprint density at radius 2 is 1.20 bits per heavy atom. The second kappa shape index (κ2) is 7.66. The third-order valence-electron chi connectivity index (χ3n) is 3.79. The van der Waals surface area contributed by atoms with E-state index in [1.165, 1.54) is 0 Å². The highest BCUT2D eigenvalue weighted by atomic mass is 35.5. The summed E-state index contributed by atoms with van der Waals surface area (Å²) in [7, 11) is -2.67. The first kappa shape index (κ1) is 20.5. The third kappa shape index (κ3) is 4.62. The standard InChI is InChI=1S/C16H21Cl3O4P2/c1-15(2)6-20-24(21-7-15)11-5-10(17)12(18)13(19)14(11)25-22-8-16(3,4)9-23-25/h5H,6-9H2,1-4H3. The molecule has 1 aromatic carbocycles. The summed E-state index contributed by atoms with van der Waals surface area (Å²) >= 11 is 19.1. The van der Waals surface area contributed by atoms with E-state index in [4.69, 9.17) is 52.9 Å². The lowest BCUT2D eigenvalue weighted by atomic mass is 9.97. The van der Waals surface area contributed by atoms with Crippen molar-refractivity contribution in [2.75, 3.05) is 26.4 Å². The quantitative estimate of drug-likeness (QED) is 0.434. The first-order valence-corrected chi connectivity index (χ1v) is 11.4. The van der Waals surface area contributed by atoms with Crippen molar-refractivity contribution in [2.45, 2.75) is 27.7 Å². The second-order valence-corrected chi connectivity index (χ2v) is 11.9. The van der Waals surface area contributed by atoms with Crippen LogP contribution in [0.5, 0.6) is 0 Å². The maximum absolute atomic E-state index is 6.52. The van der Waals surface area contributed by atoms with Gasteiger partial charge in [-0.2, -0.15) is 0 Å². The third-order valence-corrected chi connectivity index (χ3v) is 8.39. The molecular formula is C16H21Cl3O4P2. The van der Waals surface area contributed by atoms with Gasteiger partial charge in [-0.3, -0.25) is 0 Å². The molecule has 25 heavy (non-hydrogen) atoms. The predicted molar refractivity (Wildman–Crippen MR) is 106 cm³/mol. The van der Waals surface area contributed by atoms with E-state index in [0.717, 1.165) is 5.30 Å². The van der Waals surface area contributed by atoms with Gasteiger partial charge in [-0.1, -0.05) is 62.5 Å². The Hall–Kier alpha value is 0.790. The van der Waals surface area contributed by atoms with Crippen molar-refractivity contribution in [3.63, 3.8) is 0 Å². The normalized spacial score (nSPS) is 24.4. The summed E-state index contributed by atoms with van der Waals surface area (Å²) in [5, 5.41) is 2.53. The average Bonchev–Trinajstić information content (AvgIpc) is 2.53. The van der Waals surface area contributed by atoms with Crippen LogP contribution in [-0.2, 0) is 18.1 Å². The molecule has 0 bridgehead atoms. The summed E-state index contributed by atoms with van der Waals surface area (Å²) in [6, 6.07) is 1.77. The highest BCUT2D eigenvalue weighted by Gasteiger charge is 2.38. The van der Waals surface area contributed by atoms with Crippen molar-refractivity contribution < 1.29 is 18.1 Å². The Balaban J connectivity index is 1.95. The molecule has 2 heterocycles. The minimum Gasteiger partial charge on any atom is -0.330 e. The summed E-state index contributed by atoms with van der Waals surface area (Å²) in [5.41, 5.74) is -0.0545. The van der Waals surface area contributed by atoms with Crippen molar-refractivity contribution in [3.8, 4) is 0 Å². The van der Waals surface area contributed by atoms with Crippen LogP contribution in [0.4, 0.5) is 0 Å².